The predicted molar refractivity (Wildman–Crippen MR) is 389 cm³/mol. The average Bonchev–Trinajstić information content (AvgIpc) is 0.754. The zero-order chi connectivity index (χ0) is 73.8. The van der Waals surface area contributed by atoms with Crippen molar-refractivity contribution in [1.82, 2.24) is 38.6 Å². The van der Waals surface area contributed by atoms with Gasteiger partial charge in [0.25, 0.3) is 14.1 Å². The highest BCUT2D eigenvalue weighted by molar-refractivity contribution is 7.44. The predicted octanol–water partition coefficient (Wildman–Crippen LogP) is 10.4. The summed E-state index contributed by atoms with van der Waals surface area (Å²) < 4.78 is 56.5. The van der Waals surface area contributed by atoms with Crippen LogP contribution in [0, 0.1) is 23.2 Å². The number of methoxy groups -OCH3 is 6. The van der Waals surface area contributed by atoms with Gasteiger partial charge in [-0.05, 0) is 141 Å². The molecule has 0 bridgehead atoms. The number of nitrogens with zero attached hydrogens (tertiary/aromatic N) is 9. The third-order valence-corrected chi connectivity index (χ3v) is 18.7. The third-order valence-electron chi connectivity index (χ3n) is 16.5. The van der Waals surface area contributed by atoms with Crippen LogP contribution in [0.5, 0.6) is 11.5 Å². The summed E-state index contributed by atoms with van der Waals surface area (Å²) in [5.74, 6) is 5.69. The Labute approximate surface area is 602 Å². The highest BCUT2D eigenvalue weighted by Gasteiger charge is 2.40. The fourth-order valence-corrected chi connectivity index (χ4v) is 13.2. The fourth-order valence-electron chi connectivity index (χ4n) is 11.5. The van der Waals surface area contributed by atoms with Crippen LogP contribution >= 0.6 is 8.53 Å². The molecule has 4 aromatic heterocycles. The van der Waals surface area contributed by atoms with Crippen LogP contribution < -0.4 is 20.7 Å². The molecule has 540 valence electrons. The van der Waals surface area contributed by atoms with Crippen molar-refractivity contribution in [2.75, 3.05) is 82.1 Å². The number of carbonyl (C=O) groups excluding carboxylic acids is 4. The van der Waals surface area contributed by atoms with E-state index in [0.29, 0.717) is 64.9 Å². The molecule has 0 saturated carbocycles. The van der Waals surface area contributed by atoms with Gasteiger partial charge in [-0.15, -0.1) is 0 Å². The SMILES string of the molecule is COC(=O)CN(CC(=O)OC)Cc1cccc(-c2cc(-c3ccc(C#CCCCCn4c(=O)ccn(CC(COC(c5ccccc5)(c5ccc(OC)cc5)c5ccc(OC)cc5)OP(OCCC#N)N(C(C)C)C(C)C)c4=O)cc3)cc(-c3cccc(CN(CC(=O)OC)CC(=O)OC)n3)n2)n1. The second kappa shape index (κ2) is 39.2. The largest absolute Gasteiger partial charge is 0.497 e. The third kappa shape index (κ3) is 22.1. The van der Waals surface area contributed by atoms with Gasteiger partial charge in [0.1, 0.15) is 23.2 Å². The number of pyridine rings is 3. The lowest BCUT2D eigenvalue weighted by molar-refractivity contribution is -0.147. The van der Waals surface area contributed by atoms with Crippen LogP contribution in [0.4, 0.5) is 0 Å². The second-order valence-electron chi connectivity index (χ2n) is 24.4. The molecule has 8 rings (SSSR count). The zero-order valence-electron chi connectivity index (χ0n) is 59.8. The van der Waals surface area contributed by atoms with Gasteiger partial charge < -0.3 is 42.2 Å². The summed E-state index contributed by atoms with van der Waals surface area (Å²) in [7, 11) is 6.44. The number of benzene rings is 4. The molecule has 25 heteroatoms. The number of nitriles is 1. The van der Waals surface area contributed by atoms with Gasteiger partial charge >= 0.3 is 29.6 Å². The smallest absolute Gasteiger partial charge is 0.331 e. The highest BCUT2D eigenvalue weighted by Crippen LogP contribution is 2.48. The lowest BCUT2D eigenvalue weighted by Gasteiger charge is -2.39. The van der Waals surface area contributed by atoms with Crippen molar-refractivity contribution in [1.29, 1.82) is 5.26 Å². The minimum atomic E-state index is -1.85. The number of rotatable bonds is 37. The van der Waals surface area contributed by atoms with E-state index in [4.69, 9.17) is 57.2 Å². The summed E-state index contributed by atoms with van der Waals surface area (Å²) in [4.78, 5) is 95.9. The van der Waals surface area contributed by atoms with Crippen LogP contribution in [-0.4, -0.2) is 163 Å². The molecule has 0 fully saturated rings. The Morgan fingerprint density at radius 3 is 1.54 bits per heavy atom. The summed E-state index contributed by atoms with van der Waals surface area (Å²) in [5.41, 5.74) is 5.52. The molecule has 0 aliphatic heterocycles. The van der Waals surface area contributed by atoms with Crippen LogP contribution in [-0.2, 0) is 83.7 Å². The number of aromatic nitrogens is 5. The van der Waals surface area contributed by atoms with E-state index in [1.807, 2.05) is 143 Å². The second-order valence-corrected chi connectivity index (χ2v) is 25.8. The van der Waals surface area contributed by atoms with Crippen molar-refractivity contribution < 1.29 is 61.4 Å². The first-order chi connectivity index (χ1) is 49.8. The summed E-state index contributed by atoms with van der Waals surface area (Å²) >= 11 is 0. The van der Waals surface area contributed by atoms with Gasteiger partial charge in [-0.3, -0.25) is 42.9 Å². The molecular formula is C78H88N9O15P. The summed E-state index contributed by atoms with van der Waals surface area (Å²) in [6.45, 7) is 7.77. The molecule has 0 spiro atoms. The van der Waals surface area contributed by atoms with E-state index in [2.05, 4.69) is 22.6 Å². The molecule has 24 nitrogen and oxygen atoms in total. The van der Waals surface area contributed by atoms with Crippen molar-refractivity contribution in [2.45, 2.75) is 103 Å². The number of esters is 4. The molecular weight excluding hydrogens is 1330 g/mol. The maximum absolute atomic E-state index is 14.7. The molecule has 4 heterocycles. The van der Waals surface area contributed by atoms with Crippen molar-refractivity contribution in [3.63, 3.8) is 0 Å². The van der Waals surface area contributed by atoms with Crippen LogP contribution in [0.15, 0.2) is 174 Å². The van der Waals surface area contributed by atoms with Crippen molar-refractivity contribution in [3.8, 4) is 63.3 Å². The van der Waals surface area contributed by atoms with E-state index in [9.17, 15) is 34.0 Å². The minimum absolute atomic E-state index is 0.0367. The van der Waals surface area contributed by atoms with E-state index >= 15 is 0 Å². The van der Waals surface area contributed by atoms with E-state index in [1.54, 1.807) is 60.4 Å². The molecule has 4 aromatic carbocycles. The van der Waals surface area contributed by atoms with E-state index in [1.165, 1.54) is 49.8 Å². The van der Waals surface area contributed by atoms with Crippen molar-refractivity contribution in [3.05, 3.63) is 218 Å². The molecule has 8 aromatic rings. The van der Waals surface area contributed by atoms with Crippen LogP contribution in [0.25, 0.3) is 33.9 Å². The first kappa shape index (κ1) is 78.4. The topological polar surface area (TPSA) is 268 Å². The van der Waals surface area contributed by atoms with Crippen LogP contribution in [0.3, 0.4) is 0 Å². The molecule has 2 unspecified atom stereocenters. The Balaban J connectivity index is 1.04. The number of carbonyl (C=O) groups is 4. The molecule has 2 atom stereocenters. The molecule has 0 radical (unpaired) electrons. The Morgan fingerprint density at radius 2 is 1.07 bits per heavy atom. The van der Waals surface area contributed by atoms with Gasteiger partial charge in [-0.1, -0.05) is 90.7 Å². The van der Waals surface area contributed by atoms with Gasteiger partial charge in [0, 0.05) is 56.0 Å². The van der Waals surface area contributed by atoms with Crippen LogP contribution in [0.2, 0.25) is 0 Å². The summed E-state index contributed by atoms with van der Waals surface area (Å²) in [6, 6.07) is 51.0. The molecule has 0 aliphatic rings. The van der Waals surface area contributed by atoms with Gasteiger partial charge in [0.15, 0.2) is 0 Å². The van der Waals surface area contributed by atoms with Gasteiger partial charge in [0.2, 0.25) is 0 Å². The highest BCUT2D eigenvalue weighted by atomic mass is 31.2. The first-order valence-electron chi connectivity index (χ1n) is 33.6. The lowest BCUT2D eigenvalue weighted by Crippen LogP contribution is -2.43. The fraction of sp³-hybridized carbons (Fsp3) is 0.359. The minimum Gasteiger partial charge on any atom is -0.497 e. The lowest BCUT2D eigenvalue weighted by atomic mass is 9.80. The maximum atomic E-state index is 14.7. The maximum Gasteiger partial charge on any atom is 0.331 e. The number of ether oxygens (including phenoxy) is 7. The Hall–Kier alpha value is -10.3. The molecule has 0 amide bonds. The molecule has 0 N–H and O–H groups in total. The van der Waals surface area contributed by atoms with Gasteiger partial charge in [0.05, 0.1) is 135 Å². The summed E-state index contributed by atoms with van der Waals surface area (Å²) in [6.07, 6.45) is 2.26. The van der Waals surface area contributed by atoms with Crippen LogP contribution in [0.1, 0.15) is 87.0 Å². The molecule has 0 saturated heterocycles. The van der Waals surface area contributed by atoms with Gasteiger partial charge in [-0.25, -0.2) is 24.4 Å². The van der Waals surface area contributed by atoms with E-state index in [-0.39, 0.29) is 84.1 Å². The quantitative estimate of drug-likeness (QED) is 0.00874. The van der Waals surface area contributed by atoms with Gasteiger partial charge in [-0.2, -0.15) is 5.26 Å². The monoisotopic (exact) mass is 1420 g/mol. The number of hydrogen-bond donors (Lipinski definition) is 0. The van der Waals surface area contributed by atoms with Crippen molar-refractivity contribution in [2.24, 2.45) is 0 Å². The van der Waals surface area contributed by atoms with Crippen molar-refractivity contribution >= 4 is 32.4 Å². The Bertz CT molecular complexity index is 4150. The number of unbranched alkanes of at least 4 members (excludes halogenated alkanes) is 2. The Kier molecular flexibility index (Phi) is 29.9. The van der Waals surface area contributed by atoms with E-state index < -0.39 is 55.4 Å². The molecule has 103 heavy (non-hydrogen) atoms. The zero-order valence-corrected chi connectivity index (χ0v) is 60.7. The molecule has 0 aliphatic carbocycles. The van der Waals surface area contributed by atoms with E-state index in [0.717, 1.165) is 33.4 Å². The first-order valence-corrected chi connectivity index (χ1v) is 34.7. The standard InChI is InChI=1S/C78H88N9O15P/c1-55(2)87(56(3)4)103(101-44-20-41-79)102-67(54-100-78(60-22-15-13-16-23-60,61-32-36-65(94-5)37-33-61)62-34-38-66(95-6)39-35-62)49-85-43-40-72(88)86(77(85)93)42-17-12-11-14-21-57-28-30-58(31-29-57)59-45-70(68-26-18-24-63(80-68)47-83(50-73(89)96-7)51-74(90)97-8)82-71(46-59)69-27-19-25-64(81-69)48-84(52-75(91)98-9)53-76(92)99-10/h13,15-16,18-19,22-40,43,45-46,55-56,67H,11-12,17,20,42,44,47-54H2,1-10H3. The number of hydrogen-bond acceptors (Lipinski definition) is 22. The average molecular weight is 1420 g/mol. The summed E-state index contributed by atoms with van der Waals surface area (Å²) in [5, 5.41) is 9.60. The Morgan fingerprint density at radius 1 is 0.563 bits per heavy atom. The normalized spacial score (nSPS) is 12.0.